The van der Waals surface area contributed by atoms with Crippen LogP contribution in [0.4, 0.5) is 0 Å². The quantitative estimate of drug-likeness (QED) is 0.588. The minimum absolute atomic E-state index is 0.678. The van der Waals surface area contributed by atoms with Crippen LogP contribution in [0.3, 0.4) is 0 Å². The molecule has 0 heterocycles. The molecule has 0 saturated heterocycles. The Morgan fingerprint density at radius 3 is 2.50 bits per heavy atom. The Labute approximate surface area is 77.3 Å². The normalized spacial score (nSPS) is 13.8. The summed E-state index contributed by atoms with van der Waals surface area (Å²) < 4.78 is 0. The summed E-state index contributed by atoms with van der Waals surface area (Å²) in [5.41, 5.74) is 0. The molecule has 0 aromatic carbocycles. The van der Waals surface area contributed by atoms with Crippen LogP contribution < -0.4 is 5.32 Å². The van der Waals surface area contributed by atoms with Gasteiger partial charge < -0.3 is 10.2 Å². The Morgan fingerprint density at radius 2 is 2.00 bits per heavy atom. The van der Waals surface area contributed by atoms with Gasteiger partial charge in [-0.2, -0.15) is 0 Å². The van der Waals surface area contributed by atoms with Crippen LogP contribution in [0.5, 0.6) is 0 Å². The maximum atomic E-state index is 3.25. The number of hydrogen-bond donors (Lipinski definition) is 1. The summed E-state index contributed by atoms with van der Waals surface area (Å²) in [5, 5.41) is 3.25. The van der Waals surface area contributed by atoms with E-state index >= 15 is 0 Å². The highest BCUT2D eigenvalue weighted by Crippen LogP contribution is 2.00. The van der Waals surface area contributed by atoms with Crippen LogP contribution >= 0.6 is 0 Å². The maximum Gasteiger partial charge on any atom is 0.00357 e. The van der Waals surface area contributed by atoms with E-state index in [0.29, 0.717) is 6.04 Å². The van der Waals surface area contributed by atoms with Gasteiger partial charge in [-0.25, -0.2) is 0 Å². The largest absolute Gasteiger partial charge is 0.317 e. The third kappa shape index (κ3) is 6.62. The first-order valence-corrected chi connectivity index (χ1v) is 5.06. The van der Waals surface area contributed by atoms with Gasteiger partial charge in [0.15, 0.2) is 0 Å². The summed E-state index contributed by atoms with van der Waals surface area (Å²) in [7, 11) is 4.21. The Kier molecular flexibility index (Phi) is 7.51. The molecule has 0 saturated carbocycles. The van der Waals surface area contributed by atoms with Gasteiger partial charge in [0.1, 0.15) is 0 Å². The van der Waals surface area contributed by atoms with E-state index in [4.69, 9.17) is 0 Å². The van der Waals surface area contributed by atoms with Crippen LogP contribution in [0.15, 0.2) is 0 Å². The van der Waals surface area contributed by atoms with Crippen LogP contribution in [0, 0.1) is 0 Å². The van der Waals surface area contributed by atoms with E-state index in [2.05, 4.69) is 31.1 Å². The zero-order chi connectivity index (χ0) is 9.40. The van der Waals surface area contributed by atoms with Crippen LogP contribution in [0.25, 0.3) is 0 Å². The van der Waals surface area contributed by atoms with Crippen molar-refractivity contribution in [3.05, 3.63) is 0 Å². The van der Waals surface area contributed by atoms with Gasteiger partial charge in [-0.15, -0.1) is 0 Å². The highest BCUT2D eigenvalue weighted by molar-refractivity contribution is 4.57. The molecule has 0 aromatic heterocycles. The lowest BCUT2D eigenvalue weighted by molar-refractivity contribution is 0.338. The molecule has 74 valence electrons. The van der Waals surface area contributed by atoms with Crippen molar-refractivity contribution in [3.8, 4) is 0 Å². The van der Waals surface area contributed by atoms with E-state index in [1.165, 1.54) is 32.4 Å². The fourth-order valence-corrected chi connectivity index (χ4v) is 1.13. The molecule has 0 amide bonds. The van der Waals surface area contributed by atoms with Crippen molar-refractivity contribution in [2.45, 2.75) is 39.2 Å². The second-order valence-electron chi connectivity index (χ2n) is 3.58. The minimum atomic E-state index is 0.678. The van der Waals surface area contributed by atoms with Gasteiger partial charge >= 0.3 is 0 Å². The van der Waals surface area contributed by atoms with Crippen molar-refractivity contribution < 1.29 is 0 Å². The number of nitrogens with one attached hydrogen (secondary N) is 1. The van der Waals surface area contributed by atoms with Gasteiger partial charge in [-0.1, -0.05) is 13.3 Å². The predicted molar refractivity (Wildman–Crippen MR) is 55.5 cm³/mol. The second-order valence-corrected chi connectivity index (χ2v) is 3.58. The molecule has 0 fully saturated rings. The minimum Gasteiger partial charge on any atom is -0.317 e. The molecule has 0 spiro atoms. The van der Waals surface area contributed by atoms with Crippen molar-refractivity contribution in [1.82, 2.24) is 10.2 Å². The van der Waals surface area contributed by atoms with Crippen LogP contribution in [-0.4, -0.2) is 38.1 Å². The molecular weight excluding hydrogens is 148 g/mol. The number of rotatable bonds is 7. The molecule has 0 aliphatic carbocycles. The van der Waals surface area contributed by atoms with Gasteiger partial charge in [-0.05, 0) is 47.0 Å². The Morgan fingerprint density at radius 1 is 1.33 bits per heavy atom. The molecule has 0 aliphatic rings. The molecule has 12 heavy (non-hydrogen) atoms. The summed E-state index contributed by atoms with van der Waals surface area (Å²) in [6.45, 7) is 6.86. The molecule has 0 rings (SSSR count). The second kappa shape index (κ2) is 7.56. The van der Waals surface area contributed by atoms with E-state index in [-0.39, 0.29) is 0 Å². The zero-order valence-corrected chi connectivity index (χ0v) is 9.06. The van der Waals surface area contributed by atoms with Crippen LogP contribution in [0.1, 0.15) is 33.1 Å². The first kappa shape index (κ1) is 11.9. The third-order valence-corrected chi connectivity index (χ3v) is 2.46. The molecule has 0 radical (unpaired) electrons. The summed E-state index contributed by atoms with van der Waals surface area (Å²) in [5.74, 6) is 0. The number of nitrogens with zero attached hydrogens (tertiary/aromatic N) is 1. The fraction of sp³-hybridized carbons (Fsp3) is 1.00. The predicted octanol–water partition coefficient (Wildman–Crippen LogP) is 1.72. The van der Waals surface area contributed by atoms with Crippen LogP contribution in [-0.2, 0) is 0 Å². The average molecular weight is 172 g/mol. The van der Waals surface area contributed by atoms with Gasteiger partial charge in [0, 0.05) is 6.04 Å². The monoisotopic (exact) mass is 172 g/mol. The molecule has 0 aliphatic heterocycles. The van der Waals surface area contributed by atoms with Crippen molar-refractivity contribution in [1.29, 1.82) is 0 Å². The van der Waals surface area contributed by atoms with E-state index < -0.39 is 0 Å². The third-order valence-electron chi connectivity index (χ3n) is 2.46. The average Bonchev–Trinajstić information content (AvgIpc) is 2.11. The van der Waals surface area contributed by atoms with E-state index in [9.17, 15) is 0 Å². The van der Waals surface area contributed by atoms with E-state index in [1.54, 1.807) is 0 Å². The van der Waals surface area contributed by atoms with E-state index in [1.807, 2.05) is 7.05 Å². The summed E-state index contributed by atoms with van der Waals surface area (Å²) in [4.78, 5) is 2.37. The van der Waals surface area contributed by atoms with Gasteiger partial charge in [0.25, 0.3) is 0 Å². The SMILES string of the molecule is CCN(C)CCCCC(C)NC. The van der Waals surface area contributed by atoms with Crippen LogP contribution in [0.2, 0.25) is 0 Å². The fourth-order valence-electron chi connectivity index (χ4n) is 1.13. The Balaban J connectivity index is 3.10. The summed E-state index contributed by atoms with van der Waals surface area (Å²) >= 11 is 0. The van der Waals surface area contributed by atoms with Gasteiger partial charge in [0.2, 0.25) is 0 Å². The number of hydrogen-bond acceptors (Lipinski definition) is 2. The van der Waals surface area contributed by atoms with Crippen molar-refractivity contribution in [3.63, 3.8) is 0 Å². The maximum absolute atomic E-state index is 3.25. The van der Waals surface area contributed by atoms with Crippen molar-refractivity contribution in [2.75, 3.05) is 27.2 Å². The molecular formula is C10H24N2. The zero-order valence-electron chi connectivity index (χ0n) is 9.06. The van der Waals surface area contributed by atoms with E-state index in [0.717, 1.165) is 0 Å². The van der Waals surface area contributed by atoms with Gasteiger partial charge in [0.05, 0.1) is 0 Å². The topological polar surface area (TPSA) is 15.3 Å². The Hall–Kier alpha value is -0.0800. The molecule has 0 bridgehead atoms. The smallest absolute Gasteiger partial charge is 0.00357 e. The molecule has 2 heteroatoms. The lowest BCUT2D eigenvalue weighted by atomic mass is 10.1. The number of unbranched alkanes of at least 4 members (excludes halogenated alkanes) is 1. The summed E-state index contributed by atoms with van der Waals surface area (Å²) in [6.07, 6.45) is 3.97. The lowest BCUT2D eigenvalue weighted by Gasteiger charge is -2.14. The summed E-state index contributed by atoms with van der Waals surface area (Å²) in [6, 6.07) is 0.678. The Bertz CT molecular complexity index is 81.8. The standard InChI is InChI=1S/C10H24N2/c1-5-12(4)9-7-6-8-10(2)11-3/h10-11H,5-9H2,1-4H3. The molecule has 1 atom stereocenters. The van der Waals surface area contributed by atoms with Crippen molar-refractivity contribution >= 4 is 0 Å². The molecule has 1 N–H and O–H groups in total. The molecule has 0 aromatic rings. The molecule has 2 nitrogen and oxygen atoms in total. The first-order chi connectivity index (χ1) is 5.70. The first-order valence-electron chi connectivity index (χ1n) is 5.06. The van der Waals surface area contributed by atoms with Gasteiger partial charge in [-0.3, -0.25) is 0 Å². The lowest BCUT2D eigenvalue weighted by Crippen LogP contribution is -2.22. The highest BCUT2D eigenvalue weighted by atomic mass is 15.1. The van der Waals surface area contributed by atoms with Crippen molar-refractivity contribution in [2.24, 2.45) is 0 Å². The molecule has 1 unspecified atom stereocenters. The highest BCUT2D eigenvalue weighted by Gasteiger charge is 1.98.